The van der Waals surface area contributed by atoms with Gasteiger partial charge in [-0.05, 0) is 60.9 Å². The lowest BCUT2D eigenvalue weighted by atomic mass is 10.1. The van der Waals surface area contributed by atoms with E-state index in [1.807, 2.05) is 4.90 Å². The van der Waals surface area contributed by atoms with Crippen molar-refractivity contribution in [2.45, 2.75) is 39.5 Å². The zero-order valence-electron chi connectivity index (χ0n) is 21.7. The van der Waals surface area contributed by atoms with Crippen molar-refractivity contribution >= 4 is 17.8 Å². The molecule has 1 heterocycles. The van der Waals surface area contributed by atoms with Crippen molar-refractivity contribution in [3.8, 4) is 17.2 Å². The Hall–Kier alpha value is -3.39. The number of phenolic OH excluding ortho intramolecular Hbond substituents is 1. The van der Waals surface area contributed by atoms with E-state index in [-0.39, 0.29) is 29.8 Å². The summed E-state index contributed by atoms with van der Waals surface area (Å²) in [6.07, 6.45) is 6.89. The van der Waals surface area contributed by atoms with Gasteiger partial charge in [0.2, 0.25) is 11.7 Å². The fourth-order valence-corrected chi connectivity index (χ4v) is 3.90. The van der Waals surface area contributed by atoms with Crippen LogP contribution in [0.5, 0.6) is 17.2 Å². The van der Waals surface area contributed by atoms with Gasteiger partial charge in [0, 0.05) is 37.8 Å². The Bertz CT molecular complexity index is 1030. The second-order valence-electron chi connectivity index (χ2n) is 9.13. The average molecular weight is 513 g/mol. The third-order valence-corrected chi connectivity index (χ3v) is 6.21. The maximum atomic E-state index is 13.1. The first-order valence-electron chi connectivity index (χ1n) is 13.0. The number of piperazine rings is 1. The number of carbonyl (C=O) groups is 2. The number of ketones is 1. The molecule has 0 radical (unpaired) electrons. The van der Waals surface area contributed by atoms with E-state index in [4.69, 9.17) is 9.47 Å². The topological polar surface area (TPSA) is 79.3 Å². The van der Waals surface area contributed by atoms with E-state index >= 15 is 0 Å². The van der Waals surface area contributed by atoms with E-state index in [0.29, 0.717) is 62.0 Å². The molecule has 3 rings (SSSR count). The Labute approximate surface area is 218 Å². The van der Waals surface area contributed by atoms with Crippen LogP contribution in [0.3, 0.4) is 0 Å². The molecule has 1 aliphatic heterocycles. The van der Waals surface area contributed by atoms with Crippen LogP contribution in [0.25, 0.3) is 6.08 Å². The number of benzene rings is 2. The smallest absolute Gasteiger partial charge is 0.246 e. The fraction of sp³-hybridized carbons (Fsp3) is 0.448. The fourth-order valence-electron chi connectivity index (χ4n) is 3.90. The largest absolute Gasteiger partial charge is 0.502 e. The van der Waals surface area contributed by atoms with Crippen LogP contribution in [0.4, 0.5) is 4.39 Å². The zero-order chi connectivity index (χ0) is 26.6. The summed E-state index contributed by atoms with van der Waals surface area (Å²) in [5.41, 5.74) is 1.18. The number of aromatic hydroxyl groups is 1. The van der Waals surface area contributed by atoms with Crippen molar-refractivity contribution in [3.05, 3.63) is 59.4 Å². The van der Waals surface area contributed by atoms with Gasteiger partial charge in [0.25, 0.3) is 0 Å². The normalized spacial score (nSPS) is 14.2. The lowest BCUT2D eigenvalue weighted by Gasteiger charge is -2.33. The predicted molar refractivity (Wildman–Crippen MR) is 142 cm³/mol. The number of ether oxygens (including phenoxy) is 2. The monoisotopic (exact) mass is 512 g/mol. The molecule has 0 spiro atoms. The van der Waals surface area contributed by atoms with Gasteiger partial charge in [-0.3, -0.25) is 14.5 Å². The van der Waals surface area contributed by atoms with Crippen molar-refractivity contribution in [2.24, 2.45) is 0 Å². The third-order valence-electron chi connectivity index (χ3n) is 6.21. The van der Waals surface area contributed by atoms with Gasteiger partial charge in [-0.15, -0.1) is 0 Å². The van der Waals surface area contributed by atoms with Gasteiger partial charge in [0.15, 0.2) is 17.3 Å². The van der Waals surface area contributed by atoms with Gasteiger partial charge in [-0.1, -0.05) is 26.7 Å². The zero-order valence-corrected chi connectivity index (χ0v) is 21.7. The van der Waals surface area contributed by atoms with E-state index in [1.165, 1.54) is 30.3 Å². The van der Waals surface area contributed by atoms with E-state index in [9.17, 15) is 19.1 Å². The lowest BCUT2D eigenvalue weighted by Crippen LogP contribution is -2.49. The molecule has 1 fully saturated rings. The molecule has 0 atom stereocenters. The number of hydrogen-bond acceptors (Lipinski definition) is 6. The minimum absolute atomic E-state index is 0.0259. The molecule has 200 valence electrons. The van der Waals surface area contributed by atoms with Crippen LogP contribution in [0, 0.1) is 5.82 Å². The summed E-state index contributed by atoms with van der Waals surface area (Å²) in [4.78, 5) is 29.0. The SMILES string of the molecule is CCCCOc1cc(C=CC(=O)N2CCN(CC(=O)c3ccc(F)cc3)CC2)cc(OCCCC)c1O. The Kier molecular flexibility index (Phi) is 11.0. The second kappa shape index (κ2) is 14.4. The lowest BCUT2D eigenvalue weighted by molar-refractivity contribution is -0.127. The maximum absolute atomic E-state index is 13.1. The highest BCUT2D eigenvalue weighted by Crippen LogP contribution is 2.38. The molecule has 37 heavy (non-hydrogen) atoms. The van der Waals surface area contributed by atoms with Gasteiger partial charge < -0.3 is 19.5 Å². The van der Waals surface area contributed by atoms with Crippen LogP contribution < -0.4 is 9.47 Å². The van der Waals surface area contributed by atoms with Gasteiger partial charge in [0.05, 0.1) is 19.8 Å². The van der Waals surface area contributed by atoms with E-state index in [1.54, 1.807) is 23.1 Å². The number of hydrogen-bond donors (Lipinski definition) is 1. The minimum atomic E-state index is -0.371. The number of nitrogens with zero attached hydrogens (tertiary/aromatic N) is 2. The van der Waals surface area contributed by atoms with Gasteiger partial charge in [0.1, 0.15) is 5.82 Å². The van der Waals surface area contributed by atoms with Gasteiger partial charge >= 0.3 is 0 Å². The molecule has 0 unspecified atom stereocenters. The highest BCUT2D eigenvalue weighted by molar-refractivity contribution is 5.97. The number of halogens is 1. The number of carbonyl (C=O) groups excluding carboxylic acids is 2. The molecule has 1 saturated heterocycles. The van der Waals surface area contributed by atoms with Crippen molar-refractivity contribution < 1.29 is 28.6 Å². The average Bonchev–Trinajstić information content (AvgIpc) is 2.90. The summed E-state index contributed by atoms with van der Waals surface area (Å²) in [6.45, 7) is 7.51. The summed E-state index contributed by atoms with van der Waals surface area (Å²) in [5.74, 6) is 0.0925. The quantitative estimate of drug-likeness (QED) is 0.233. The number of amides is 1. The molecule has 8 heteroatoms. The number of unbranched alkanes of at least 4 members (excludes halogenated alkanes) is 2. The number of phenols is 1. The summed E-state index contributed by atoms with van der Waals surface area (Å²) in [7, 11) is 0. The van der Waals surface area contributed by atoms with Crippen LogP contribution in [0.15, 0.2) is 42.5 Å². The van der Waals surface area contributed by atoms with Crippen molar-refractivity contribution in [1.82, 2.24) is 9.80 Å². The molecule has 0 saturated carbocycles. The third kappa shape index (κ3) is 8.60. The molecule has 2 aromatic carbocycles. The standard InChI is InChI=1S/C29H37FN2O5/c1-3-5-17-36-26-19-22(20-27(29(26)35)37-18-6-4-2)7-12-28(34)32-15-13-31(14-16-32)21-25(33)23-8-10-24(30)11-9-23/h7-12,19-20,35H,3-6,13-18,21H2,1-2H3. The first-order valence-corrected chi connectivity index (χ1v) is 13.0. The van der Waals surface area contributed by atoms with E-state index < -0.39 is 0 Å². The highest BCUT2D eigenvalue weighted by Gasteiger charge is 2.22. The van der Waals surface area contributed by atoms with Crippen LogP contribution in [-0.2, 0) is 4.79 Å². The second-order valence-corrected chi connectivity index (χ2v) is 9.13. The molecular weight excluding hydrogens is 475 g/mol. The summed E-state index contributed by atoms with van der Waals surface area (Å²) >= 11 is 0. The molecule has 2 aromatic rings. The van der Waals surface area contributed by atoms with E-state index in [2.05, 4.69) is 13.8 Å². The Morgan fingerprint density at radius 2 is 1.51 bits per heavy atom. The molecule has 1 aliphatic rings. The van der Waals surface area contributed by atoms with Gasteiger partial charge in [-0.25, -0.2) is 4.39 Å². The summed E-state index contributed by atoms with van der Waals surface area (Å²) < 4.78 is 24.6. The van der Waals surface area contributed by atoms with Crippen molar-refractivity contribution in [1.29, 1.82) is 0 Å². The highest BCUT2D eigenvalue weighted by atomic mass is 19.1. The van der Waals surface area contributed by atoms with Crippen molar-refractivity contribution in [3.63, 3.8) is 0 Å². The molecular formula is C29H37FN2O5. The Morgan fingerprint density at radius 3 is 2.05 bits per heavy atom. The first kappa shape index (κ1) is 28.2. The number of rotatable bonds is 13. The number of Topliss-reactive ketones (excluding diaryl/α,β-unsaturated/α-hetero) is 1. The predicted octanol–water partition coefficient (Wildman–Crippen LogP) is 4.93. The molecule has 0 aliphatic carbocycles. The molecule has 0 aromatic heterocycles. The van der Waals surface area contributed by atoms with Crippen LogP contribution >= 0.6 is 0 Å². The molecule has 0 bridgehead atoms. The summed E-state index contributed by atoms with van der Waals surface area (Å²) in [5, 5.41) is 10.6. The minimum Gasteiger partial charge on any atom is -0.502 e. The van der Waals surface area contributed by atoms with E-state index in [0.717, 1.165) is 25.7 Å². The van der Waals surface area contributed by atoms with Crippen molar-refractivity contribution in [2.75, 3.05) is 45.9 Å². The summed E-state index contributed by atoms with van der Waals surface area (Å²) in [6, 6.07) is 8.97. The molecule has 1 amide bonds. The first-order chi connectivity index (χ1) is 17.9. The molecule has 1 N–H and O–H groups in total. The molecule has 7 nitrogen and oxygen atoms in total. The van der Waals surface area contributed by atoms with Gasteiger partial charge in [-0.2, -0.15) is 0 Å². The Balaban J connectivity index is 1.58. The van der Waals surface area contributed by atoms with Crippen LogP contribution in [0.1, 0.15) is 55.5 Å². The van der Waals surface area contributed by atoms with Crippen LogP contribution in [0.2, 0.25) is 0 Å². The van der Waals surface area contributed by atoms with Crippen LogP contribution in [-0.4, -0.2) is 72.5 Å². The maximum Gasteiger partial charge on any atom is 0.246 e. The Morgan fingerprint density at radius 1 is 0.946 bits per heavy atom.